The third-order valence-electron chi connectivity index (χ3n) is 4.20. The number of ether oxygens (including phenoxy) is 1. The van der Waals surface area contributed by atoms with Gasteiger partial charge in [-0.3, -0.25) is 4.79 Å². The second-order valence-corrected chi connectivity index (χ2v) is 6.40. The van der Waals surface area contributed by atoms with Crippen molar-refractivity contribution in [2.24, 2.45) is 0 Å². The van der Waals surface area contributed by atoms with Crippen molar-refractivity contribution in [3.05, 3.63) is 82.5 Å². The fourth-order valence-electron chi connectivity index (χ4n) is 2.79. The fourth-order valence-corrected chi connectivity index (χ4v) is 2.92. The molecule has 0 aromatic heterocycles. The van der Waals surface area contributed by atoms with E-state index in [1.165, 1.54) is 4.90 Å². The van der Waals surface area contributed by atoms with Crippen LogP contribution in [-0.2, 0) is 20.9 Å². The first-order valence-corrected chi connectivity index (χ1v) is 8.36. The van der Waals surface area contributed by atoms with Gasteiger partial charge in [-0.15, -0.1) is 0 Å². The molecule has 25 heavy (non-hydrogen) atoms. The van der Waals surface area contributed by atoms with E-state index in [0.29, 0.717) is 10.6 Å². The molecular weight excluding hydrogens is 338 g/mol. The van der Waals surface area contributed by atoms with Gasteiger partial charge in [-0.25, -0.2) is 4.79 Å². The van der Waals surface area contributed by atoms with Crippen LogP contribution in [-0.4, -0.2) is 23.8 Å². The standard InChI is InChI=1S/C20H18ClNO3/c1-22-12-18(20(24)25-13-14-5-3-2-4-6-14)17(11-19(22)23)15-7-9-16(21)10-8-15/h2-10,12,17H,11,13H2,1H3. The quantitative estimate of drug-likeness (QED) is 0.781. The van der Waals surface area contributed by atoms with Crippen LogP contribution in [0.3, 0.4) is 0 Å². The van der Waals surface area contributed by atoms with E-state index < -0.39 is 5.97 Å². The first kappa shape index (κ1) is 17.2. The molecule has 1 amide bonds. The average Bonchev–Trinajstić information content (AvgIpc) is 2.63. The summed E-state index contributed by atoms with van der Waals surface area (Å²) in [7, 11) is 1.64. The van der Waals surface area contributed by atoms with Crippen molar-refractivity contribution in [3.8, 4) is 0 Å². The smallest absolute Gasteiger partial charge is 0.336 e. The molecule has 128 valence electrons. The van der Waals surface area contributed by atoms with Crippen LogP contribution in [0.2, 0.25) is 5.02 Å². The second kappa shape index (κ2) is 7.53. The molecule has 1 aliphatic heterocycles. The summed E-state index contributed by atoms with van der Waals surface area (Å²) in [5, 5.41) is 0.611. The normalized spacial score (nSPS) is 17.2. The highest BCUT2D eigenvalue weighted by molar-refractivity contribution is 6.30. The molecule has 3 rings (SSSR count). The lowest BCUT2D eigenvalue weighted by Gasteiger charge is -2.28. The largest absolute Gasteiger partial charge is 0.457 e. The Kier molecular flexibility index (Phi) is 5.19. The van der Waals surface area contributed by atoms with Gasteiger partial charge in [0, 0.05) is 30.6 Å². The van der Waals surface area contributed by atoms with Gasteiger partial charge in [-0.2, -0.15) is 0 Å². The zero-order chi connectivity index (χ0) is 17.8. The molecule has 5 heteroatoms. The van der Waals surface area contributed by atoms with E-state index in [2.05, 4.69) is 0 Å². The summed E-state index contributed by atoms with van der Waals surface area (Å²) in [6, 6.07) is 16.7. The highest BCUT2D eigenvalue weighted by Crippen LogP contribution is 2.33. The fraction of sp³-hybridized carbons (Fsp3) is 0.200. The first-order valence-electron chi connectivity index (χ1n) is 7.98. The third kappa shape index (κ3) is 4.09. The van der Waals surface area contributed by atoms with E-state index in [1.54, 1.807) is 25.4 Å². The van der Waals surface area contributed by atoms with Gasteiger partial charge in [-0.1, -0.05) is 54.1 Å². The first-order chi connectivity index (χ1) is 12.0. The number of nitrogens with zero attached hydrogens (tertiary/aromatic N) is 1. The van der Waals surface area contributed by atoms with Crippen molar-refractivity contribution < 1.29 is 14.3 Å². The van der Waals surface area contributed by atoms with Crippen LogP contribution in [0.25, 0.3) is 0 Å². The summed E-state index contributed by atoms with van der Waals surface area (Å²) in [6.07, 6.45) is 1.79. The van der Waals surface area contributed by atoms with Gasteiger partial charge in [0.1, 0.15) is 6.61 Å². The summed E-state index contributed by atoms with van der Waals surface area (Å²) in [5.74, 6) is -0.785. The molecule has 2 aromatic rings. The number of hydrogen-bond donors (Lipinski definition) is 0. The minimum absolute atomic E-state index is 0.0421. The van der Waals surface area contributed by atoms with Gasteiger partial charge in [0.2, 0.25) is 5.91 Å². The van der Waals surface area contributed by atoms with Gasteiger partial charge in [0.25, 0.3) is 0 Å². The van der Waals surface area contributed by atoms with E-state index in [4.69, 9.17) is 16.3 Å². The molecule has 1 aliphatic rings. The Morgan fingerprint density at radius 1 is 1.16 bits per heavy atom. The Labute approximate surface area is 151 Å². The van der Waals surface area contributed by atoms with E-state index >= 15 is 0 Å². The Balaban J connectivity index is 1.81. The van der Waals surface area contributed by atoms with Crippen LogP contribution in [0.15, 0.2) is 66.4 Å². The lowest BCUT2D eigenvalue weighted by atomic mass is 9.86. The van der Waals surface area contributed by atoms with E-state index in [1.807, 2.05) is 42.5 Å². The summed E-state index contributed by atoms with van der Waals surface area (Å²) in [6.45, 7) is 0.196. The van der Waals surface area contributed by atoms with Crippen molar-refractivity contribution in [2.45, 2.75) is 18.9 Å². The van der Waals surface area contributed by atoms with E-state index in [9.17, 15) is 9.59 Å². The van der Waals surface area contributed by atoms with Gasteiger partial charge in [0.15, 0.2) is 0 Å². The Bertz CT molecular complexity index is 799. The van der Waals surface area contributed by atoms with E-state index in [-0.39, 0.29) is 24.9 Å². The maximum atomic E-state index is 12.6. The Hall–Kier alpha value is -2.59. The lowest BCUT2D eigenvalue weighted by Crippen LogP contribution is -2.32. The number of carbonyl (C=O) groups is 2. The molecule has 0 spiro atoms. The number of esters is 1. The number of carbonyl (C=O) groups excluding carboxylic acids is 2. The van der Waals surface area contributed by atoms with Crippen LogP contribution in [0.5, 0.6) is 0 Å². The van der Waals surface area contributed by atoms with Crippen LogP contribution >= 0.6 is 11.6 Å². The SMILES string of the molecule is CN1C=C(C(=O)OCc2ccccc2)C(c2ccc(Cl)cc2)CC1=O. The molecule has 0 aliphatic carbocycles. The van der Waals surface area contributed by atoms with Crippen LogP contribution in [0.4, 0.5) is 0 Å². The molecular formula is C20H18ClNO3. The van der Waals surface area contributed by atoms with Crippen molar-refractivity contribution in [2.75, 3.05) is 7.05 Å². The predicted octanol–water partition coefficient (Wildman–Crippen LogP) is 3.91. The van der Waals surface area contributed by atoms with Gasteiger partial charge in [0.05, 0.1) is 5.57 Å². The summed E-state index contributed by atoms with van der Waals surface area (Å²) >= 11 is 5.94. The van der Waals surface area contributed by atoms with Crippen LogP contribution in [0, 0.1) is 0 Å². The molecule has 0 saturated carbocycles. The average molecular weight is 356 g/mol. The minimum atomic E-state index is -0.414. The summed E-state index contributed by atoms with van der Waals surface area (Å²) < 4.78 is 5.46. The predicted molar refractivity (Wildman–Crippen MR) is 95.9 cm³/mol. The highest BCUT2D eigenvalue weighted by atomic mass is 35.5. The van der Waals surface area contributed by atoms with Gasteiger partial charge in [-0.05, 0) is 23.3 Å². The highest BCUT2D eigenvalue weighted by Gasteiger charge is 2.32. The van der Waals surface area contributed by atoms with Crippen molar-refractivity contribution in [3.63, 3.8) is 0 Å². The maximum Gasteiger partial charge on any atom is 0.336 e. The topological polar surface area (TPSA) is 46.6 Å². The Morgan fingerprint density at radius 2 is 1.84 bits per heavy atom. The third-order valence-corrected chi connectivity index (χ3v) is 4.45. The molecule has 1 atom stereocenters. The second-order valence-electron chi connectivity index (χ2n) is 5.96. The number of rotatable bonds is 4. The maximum absolute atomic E-state index is 12.6. The molecule has 4 nitrogen and oxygen atoms in total. The molecule has 0 N–H and O–H groups in total. The molecule has 0 saturated heterocycles. The van der Waals surface area contributed by atoms with Crippen LogP contribution in [0.1, 0.15) is 23.5 Å². The van der Waals surface area contributed by atoms with Crippen LogP contribution < -0.4 is 0 Å². The Morgan fingerprint density at radius 3 is 2.52 bits per heavy atom. The van der Waals surface area contributed by atoms with Crippen molar-refractivity contribution in [1.82, 2.24) is 4.90 Å². The lowest BCUT2D eigenvalue weighted by molar-refractivity contribution is -0.141. The number of hydrogen-bond acceptors (Lipinski definition) is 3. The van der Waals surface area contributed by atoms with Crippen molar-refractivity contribution >= 4 is 23.5 Å². The molecule has 1 heterocycles. The molecule has 0 bridgehead atoms. The van der Waals surface area contributed by atoms with E-state index in [0.717, 1.165) is 11.1 Å². The number of benzene rings is 2. The molecule has 0 radical (unpaired) electrons. The zero-order valence-electron chi connectivity index (χ0n) is 13.8. The number of amides is 1. The molecule has 0 fully saturated rings. The number of halogens is 1. The summed E-state index contributed by atoms with van der Waals surface area (Å²) in [4.78, 5) is 26.2. The van der Waals surface area contributed by atoms with Gasteiger partial charge >= 0.3 is 5.97 Å². The minimum Gasteiger partial charge on any atom is -0.457 e. The summed E-state index contributed by atoms with van der Waals surface area (Å²) in [5.41, 5.74) is 2.26. The monoisotopic (exact) mass is 355 g/mol. The molecule has 2 aromatic carbocycles. The zero-order valence-corrected chi connectivity index (χ0v) is 14.6. The van der Waals surface area contributed by atoms with Crippen molar-refractivity contribution in [1.29, 1.82) is 0 Å². The van der Waals surface area contributed by atoms with Gasteiger partial charge < -0.3 is 9.64 Å². The molecule has 1 unspecified atom stereocenters.